The lowest BCUT2D eigenvalue weighted by molar-refractivity contribution is 0.304. The highest BCUT2D eigenvalue weighted by Crippen LogP contribution is 2.27. The summed E-state index contributed by atoms with van der Waals surface area (Å²) in [6.07, 6.45) is 0. The van der Waals surface area contributed by atoms with Gasteiger partial charge in [-0.15, -0.1) is 0 Å². The lowest BCUT2D eigenvalue weighted by atomic mass is 10.1. The Morgan fingerprint density at radius 3 is 2.79 bits per heavy atom. The van der Waals surface area contributed by atoms with Crippen LogP contribution in [0.4, 0.5) is 0 Å². The van der Waals surface area contributed by atoms with Crippen LogP contribution in [0.25, 0.3) is 10.9 Å². The van der Waals surface area contributed by atoms with Crippen LogP contribution in [-0.2, 0) is 6.61 Å². The Bertz CT molecular complexity index is 707. The molecule has 0 aliphatic rings. The first-order valence-electron chi connectivity index (χ1n) is 6.05. The number of hydrogen-bond donors (Lipinski definition) is 1. The van der Waals surface area contributed by atoms with Crippen LogP contribution in [-0.4, -0.2) is 10.2 Å². The summed E-state index contributed by atoms with van der Waals surface area (Å²) in [5.41, 5.74) is 3.25. The summed E-state index contributed by atoms with van der Waals surface area (Å²) in [5.74, 6) is 0.913. The van der Waals surface area contributed by atoms with E-state index in [0.717, 1.165) is 25.9 Å². The van der Waals surface area contributed by atoms with Gasteiger partial charge in [-0.2, -0.15) is 5.10 Å². The molecule has 0 spiro atoms. The predicted molar refractivity (Wildman–Crippen MR) is 84.3 cm³/mol. The molecular weight excluding hydrogens is 351 g/mol. The maximum Gasteiger partial charge on any atom is 0.123 e. The largest absolute Gasteiger partial charge is 0.489 e. The number of halogens is 1. The standard InChI is InChI=1S/C15H13IN2O/c1-10-7-13-12(15(16)18-17-13)8-14(10)19-9-11-5-3-2-4-6-11/h2-8H,9H2,1H3,(H,17,18). The molecular formula is C15H13IN2O. The quantitative estimate of drug-likeness (QED) is 0.712. The van der Waals surface area contributed by atoms with Crippen molar-refractivity contribution in [3.8, 4) is 5.75 Å². The molecule has 0 amide bonds. The molecule has 96 valence electrons. The van der Waals surface area contributed by atoms with Gasteiger partial charge in [0.2, 0.25) is 0 Å². The van der Waals surface area contributed by atoms with Crippen LogP contribution < -0.4 is 4.74 Å². The van der Waals surface area contributed by atoms with E-state index in [4.69, 9.17) is 4.74 Å². The monoisotopic (exact) mass is 364 g/mol. The number of hydrogen-bond acceptors (Lipinski definition) is 2. The number of aromatic nitrogens is 2. The molecule has 1 heterocycles. The first-order chi connectivity index (χ1) is 9.24. The fraction of sp³-hybridized carbons (Fsp3) is 0.133. The molecule has 19 heavy (non-hydrogen) atoms. The molecule has 0 atom stereocenters. The second-order valence-electron chi connectivity index (χ2n) is 4.45. The van der Waals surface area contributed by atoms with E-state index in [-0.39, 0.29) is 0 Å². The van der Waals surface area contributed by atoms with Crippen molar-refractivity contribution in [2.75, 3.05) is 0 Å². The Labute approximate surface area is 125 Å². The lowest BCUT2D eigenvalue weighted by Crippen LogP contribution is -1.96. The number of ether oxygens (including phenoxy) is 1. The summed E-state index contributed by atoms with van der Waals surface area (Å²) in [5, 5.41) is 8.34. The van der Waals surface area contributed by atoms with Gasteiger partial charge < -0.3 is 4.74 Å². The molecule has 0 aliphatic carbocycles. The van der Waals surface area contributed by atoms with E-state index in [1.807, 2.05) is 31.2 Å². The fourth-order valence-electron chi connectivity index (χ4n) is 2.00. The van der Waals surface area contributed by atoms with E-state index in [1.165, 1.54) is 5.56 Å². The minimum absolute atomic E-state index is 0.585. The second kappa shape index (κ2) is 5.21. The fourth-order valence-corrected chi connectivity index (χ4v) is 2.55. The summed E-state index contributed by atoms with van der Waals surface area (Å²) < 4.78 is 6.95. The second-order valence-corrected chi connectivity index (χ2v) is 5.53. The molecule has 0 bridgehead atoms. The van der Waals surface area contributed by atoms with Crippen LogP contribution in [0.5, 0.6) is 5.75 Å². The topological polar surface area (TPSA) is 37.9 Å². The number of aryl methyl sites for hydroxylation is 1. The SMILES string of the molecule is Cc1cc2n[nH]c(I)c2cc1OCc1ccccc1. The summed E-state index contributed by atoms with van der Waals surface area (Å²) in [6, 6.07) is 14.3. The maximum atomic E-state index is 5.91. The number of nitrogens with one attached hydrogen (secondary N) is 1. The predicted octanol–water partition coefficient (Wildman–Crippen LogP) is 4.05. The van der Waals surface area contributed by atoms with Crippen LogP contribution in [0.15, 0.2) is 42.5 Å². The zero-order chi connectivity index (χ0) is 13.2. The van der Waals surface area contributed by atoms with Gasteiger partial charge in [-0.3, -0.25) is 5.10 Å². The van der Waals surface area contributed by atoms with Crippen molar-refractivity contribution < 1.29 is 4.74 Å². The van der Waals surface area contributed by atoms with Crippen molar-refractivity contribution in [2.45, 2.75) is 13.5 Å². The van der Waals surface area contributed by atoms with Crippen molar-refractivity contribution in [3.63, 3.8) is 0 Å². The Morgan fingerprint density at radius 1 is 1.21 bits per heavy atom. The van der Waals surface area contributed by atoms with Crippen molar-refractivity contribution in [2.24, 2.45) is 0 Å². The molecule has 2 aromatic carbocycles. The number of rotatable bonds is 3. The summed E-state index contributed by atoms with van der Waals surface area (Å²) in [4.78, 5) is 0. The molecule has 0 unspecified atom stereocenters. The van der Waals surface area contributed by atoms with Crippen molar-refractivity contribution in [1.29, 1.82) is 0 Å². The van der Waals surface area contributed by atoms with E-state index in [1.54, 1.807) is 0 Å². The Hall–Kier alpha value is -1.56. The van der Waals surface area contributed by atoms with E-state index in [0.29, 0.717) is 6.61 Å². The molecule has 3 aromatic rings. The molecule has 0 aliphatic heterocycles. The molecule has 1 N–H and O–H groups in total. The number of fused-ring (bicyclic) bond motifs is 1. The lowest BCUT2D eigenvalue weighted by Gasteiger charge is -2.09. The van der Waals surface area contributed by atoms with Gasteiger partial charge in [-0.25, -0.2) is 0 Å². The highest BCUT2D eigenvalue weighted by molar-refractivity contribution is 14.1. The first-order valence-corrected chi connectivity index (χ1v) is 7.13. The van der Waals surface area contributed by atoms with Crippen LogP contribution in [0, 0.1) is 10.6 Å². The van der Waals surface area contributed by atoms with E-state index in [2.05, 4.69) is 51.0 Å². The summed E-state index contributed by atoms with van der Waals surface area (Å²) >= 11 is 2.25. The van der Waals surface area contributed by atoms with Gasteiger partial charge in [-0.05, 0) is 52.8 Å². The van der Waals surface area contributed by atoms with Crippen LogP contribution in [0.3, 0.4) is 0 Å². The van der Waals surface area contributed by atoms with Crippen LogP contribution in [0.2, 0.25) is 0 Å². The smallest absolute Gasteiger partial charge is 0.123 e. The summed E-state index contributed by atoms with van der Waals surface area (Å²) in [6.45, 7) is 2.63. The average molecular weight is 364 g/mol. The van der Waals surface area contributed by atoms with Gasteiger partial charge in [0.1, 0.15) is 16.1 Å². The zero-order valence-electron chi connectivity index (χ0n) is 10.5. The van der Waals surface area contributed by atoms with Gasteiger partial charge in [0, 0.05) is 5.39 Å². The van der Waals surface area contributed by atoms with Crippen LogP contribution >= 0.6 is 22.6 Å². The Morgan fingerprint density at radius 2 is 2.00 bits per heavy atom. The third-order valence-electron chi connectivity index (χ3n) is 3.04. The van der Waals surface area contributed by atoms with E-state index < -0.39 is 0 Å². The third kappa shape index (κ3) is 2.58. The van der Waals surface area contributed by atoms with E-state index in [9.17, 15) is 0 Å². The summed E-state index contributed by atoms with van der Waals surface area (Å²) in [7, 11) is 0. The number of benzene rings is 2. The number of H-pyrrole nitrogens is 1. The van der Waals surface area contributed by atoms with Crippen molar-refractivity contribution >= 4 is 33.5 Å². The van der Waals surface area contributed by atoms with Crippen molar-refractivity contribution in [3.05, 3.63) is 57.3 Å². The van der Waals surface area contributed by atoms with Crippen LogP contribution in [0.1, 0.15) is 11.1 Å². The highest BCUT2D eigenvalue weighted by Gasteiger charge is 2.08. The van der Waals surface area contributed by atoms with Gasteiger partial charge in [0.25, 0.3) is 0 Å². The van der Waals surface area contributed by atoms with E-state index >= 15 is 0 Å². The molecule has 0 saturated carbocycles. The highest BCUT2D eigenvalue weighted by atomic mass is 127. The van der Waals surface area contributed by atoms with Gasteiger partial charge in [0.05, 0.1) is 5.52 Å². The Kier molecular flexibility index (Phi) is 3.42. The minimum Gasteiger partial charge on any atom is -0.489 e. The molecule has 4 heteroatoms. The normalized spacial score (nSPS) is 10.8. The van der Waals surface area contributed by atoms with Gasteiger partial charge in [-0.1, -0.05) is 30.3 Å². The number of nitrogens with zero attached hydrogens (tertiary/aromatic N) is 1. The zero-order valence-corrected chi connectivity index (χ0v) is 12.6. The molecule has 3 rings (SSSR count). The first kappa shape index (κ1) is 12.5. The molecule has 0 radical (unpaired) electrons. The molecule has 3 nitrogen and oxygen atoms in total. The Balaban J connectivity index is 1.88. The van der Waals surface area contributed by atoms with Gasteiger partial charge >= 0.3 is 0 Å². The minimum atomic E-state index is 0.585. The van der Waals surface area contributed by atoms with Crippen molar-refractivity contribution in [1.82, 2.24) is 10.2 Å². The number of aromatic amines is 1. The molecule has 1 aromatic heterocycles. The third-order valence-corrected chi connectivity index (χ3v) is 3.86. The average Bonchev–Trinajstić information content (AvgIpc) is 2.78. The molecule has 0 saturated heterocycles. The van der Waals surface area contributed by atoms with Gasteiger partial charge in [0.15, 0.2) is 0 Å². The maximum absolute atomic E-state index is 5.91. The molecule has 0 fully saturated rings.